The van der Waals surface area contributed by atoms with Crippen molar-refractivity contribution >= 4 is 32.2 Å². The van der Waals surface area contributed by atoms with Gasteiger partial charge in [0.1, 0.15) is 15.7 Å². The van der Waals surface area contributed by atoms with E-state index >= 15 is 0 Å². The molecule has 0 radical (unpaired) electrons. The van der Waals surface area contributed by atoms with E-state index in [4.69, 9.17) is 4.74 Å². The average molecular weight is 403 g/mol. The van der Waals surface area contributed by atoms with Crippen molar-refractivity contribution in [1.29, 1.82) is 0 Å². The van der Waals surface area contributed by atoms with Gasteiger partial charge < -0.3 is 4.74 Å². The number of aryl methyl sites for hydroxylation is 1. The molecule has 140 valence electrons. The van der Waals surface area contributed by atoms with Crippen LogP contribution in [0.5, 0.6) is 5.75 Å². The van der Waals surface area contributed by atoms with Crippen molar-refractivity contribution in [2.75, 3.05) is 12.4 Å². The van der Waals surface area contributed by atoms with Crippen molar-refractivity contribution in [3.05, 3.63) is 65.6 Å². The molecule has 9 heteroatoms. The number of aromatic nitrogens is 2. The number of nitrogens with zero attached hydrogens (tertiary/aromatic N) is 2. The molecule has 0 unspecified atom stereocenters. The predicted octanol–water partition coefficient (Wildman–Crippen LogP) is 3.08. The summed E-state index contributed by atoms with van der Waals surface area (Å²) in [5.41, 5.74) is 1.22. The summed E-state index contributed by atoms with van der Waals surface area (Å²) >= 11 is 0.933. The molecule has 0 spiro atoms. The molecule has 0 saturated carbocycles. The third-order valence-electron chi connectivity index (χ3n) is 3.67. The lowest BCUT2D eigenvalue weighted by Gasteiger charge is -2.04. The fourth-order valence-corrected chi connectivity index (χ4v) is 5.26. The Kier molecular flexibility index (Phi) is 5.52. The van der Waals surface area contributed by atoms with Gasteiger partial charge in [-0.15, -0.1) is 0 Å². The van der Waals surface area contributed by atoms with Gasteiger partial charge in [0.2, 0.25) is 0 Å². The molecular formula is C18H17N3O4S2. The molecule has 27 heavy (non-hydrogen) atoms. The summed E-state index contributed by atoms with van der Waals surface area (Å²) in [6, 6.07) is 11.8. The lowest BCUT2D eigenvalue weighted by atomic mass is 10.2. The van der Waals surface area contributed by atoms with Crippen LogP contribution in [-0.2, 0) is 15.6 Å². The van der Waals surface area contributed by atoms with Crippen LogP contribution in [0.1, 0.15) is 21.7 Å². The van der Waals surface area contributed by atoms with Gasteiger partial charge in [-0.1, -0.05) is 29.5 Å². The topological polar surface area (TPSA) is 98.2 Å². The molecule has 1 amide bonds. The highest BCUT2D eigenvalue weighted by molar-refractivity contribution is 7.92. The van der Waals surface area contributed by atoms with Gasteiger partial charge in [0, 0.05) is 6.20 Å². The summed E-state index contributed by atoms with van der Waals surface area (Å²) in [5.74, 6) is 0.0568. The molecule has 0 bridgehead atoms. The van der Waals surface area contributed by atoms with E-state index in [1.54, 1.807) is 56.5 Å². The second kappa shape index (κ2) is 7.85. The molecule has 0 atom stereocenters. The molecular weight excluding hydrogens is 386 g/mol. The molecule has 1 aromatic carbocycles. The van der Waals surface area contributed by atoms with Crippen LogP contribution in [-0.4, -0.2) is 31.4 Å². The van der Waals surface area contributed by atoms with Gasteiger partial charge in [-0.3, -0.25) is 15.1 Å². The van der Waals surface area contributed by atoms with Crippen LogP contribution in [0.4, 0.5) is 5.13 Å². The summed E-state index contributed by atoms with van der Waals surface area (Å²) < 4.78 is 30.7. The Balaban J connectivity index is 1.79. The lowest BCUT2D eigenvalue weighted by Crippen LogP contribution is -2.13. The highest BCUT2D eigenvalue weighted by atomic mass is 32.2. The summed E-state index contributed by atoms with van der Waals surface area (Å²) in [6.07, 6.45) is 1.51. The molecule has 1 N–H and O–H groups in total. The summed E-state index contributed by atoms with van der Waals surface area (Å²) in [7, 11) is -2.05. The van der Waals surface area contributed by atoms with Crippen LogP contribution in [0.3, 0.4) is 0 Å². The van der Waals surface area contributed by atoms with E-state index in [-0.39, 0.29) is 20.8 Å². The first kappa shape index (κ1) is 19.0. The average Bonchev–Trinajstić information content (AvgIpc) is 3.04. The molecule has 7 nitrogen and oxygen atoms in total. The van der Waals surface area contributed by atoms with E-state index in [0.717, 1.165) is 11.3 Å². The smallest absolute Gasteiger partial charge is 0.276 e. The molecule has 0 saturated heterocycles. The minimum Gasteiger partial charge on any atom is -0.497 e. The minimum absolute atomic E-state index is 0.134. The molecule has 3 rings (SSSR count). The van der Waals surface area contributed by atoms with Crippen molar-refractivity contribution in [3.63, 3.8) is 0 Å². The maximum Gasteiger partial charge on any atom is 0.276 e. The monoisotopic (exact) mass is 403 g/mol. The number of rotatable bonds is 6. The summed E-state index contributed by atoms with van der Waals surface area (Å²) in [6.45, 7) is 1.60. The van der Waals surface area contributed by atoms with Crippen molar-refractivity contribution in [1.82, 2.24) is 9.97 Å². The number of ether oxygens (including phenoxy) is 1. The van der Waals surface area contributed by atoms with E-state index < -0.39 is 15.7 Å². The number of methoxy groups -OCH3 is 1. The minimum atomic E-state index is -3.59. The molecule has 0 aliphatic carbocycles. The van der Waals surface area contributed by atoms with Crippen molar-refractivity contribution in [3.8, 4) is 5.75 Å². The highest BCUT2D eigenvalue weighted by Gasteiger charge is 2.23. The first-order chi connectivity index (χ1) is 12.9. The lowest BCUT2D eigenvalue weighted by molar-refractivity contribution is 0.102. The quantitative estimate of drug-likeness (QED) is 0.679. The van der Waals surface area contributed by atoms with Gasteiger partial charge in [-0.2, -0.15) is 0 Å². The molecule has 0 aliphatic heterocycles. The zero-order valence-electron chi connectivity index (χ0n) is 14.7. The van der Waals surface area contributed by atoms with Gasteiger partial charge in [0.25, 0.3) is 5.91 Å². The molecule has 0 aliphatic rings. The van der Waals surface area contributed by atoms with Gasteiger partial charge in [-0.05, 0) is 36.8 Å². The van der Waals surface area contributed by atoms with Crippen LogP contribution in [0, 0.1) is 6.92 Å². The fourth-order valence-electron chi connectivity index (χ4n) is 2.39. The third kappa shape index (κ3) is 4.50. The Morgan fingerprint density at radius 3 is 2.56 bits per heavy atom. The molecule has 2 aromatic heterocycles. The summed E-state index contributed by atoms with van der Waals surface area (Å²) in [4.78, 5) is 20.3. The Morgan fingerprint density at radius 1 is 1.19 bits per heavy atom. The Hall–Kier alpha value is -2.78. The maximum atomic E-state index is 12.8. The number of carbonyl (C=O) groups is 1. The van der Waals surface area contributed by atoms with Crippen LogP contribution >= 0.6 is 11.3 Å². The van der Waals surface area contributed by atoms with Crippen LogP contribution in [0.25, 0.3) is 0 Å². The van der Waals surface area contributed by atoms with Crippen molar-refractivity contribution in [2.24, 2.45) is 0 Å². The van der Waals surface area contributed by atoms with Gasteiger partial charge in [0.15, 0.2) is 15.0 Å². The van der Waals surface area contributed by atoms with E-state index in [2.05, 4.69) is 15.3 Å². The highest BCUT2D eigenvalue weighted by Crippen LogP contribution is 2.30. The van der Waals surface area contributed by atoms with Gasteiger partial charge >= 0.3 is 0 Å². The van der Waals surface area contributed by atoms with Crippen molar-refractivity contribution < 1.29 is 17.9 Å². The van der Waals surface area contributed by atoms with Crippen molar-refractivity contribution in [2.45, 2.75) is 16.9 Å². The first-order valence-corrected chi connectivity index (χ1v) is 10.4. The molecule has 3 aromatic rings. The number of carbonyl (C=O) groups excluding carboxylic acids is 1. The first-order valence-electron chi connectivity index (χ1n) is 7.94. The Morgan fingerprint density at radius 2 is 1.93 bits per heavy atom. The summed E-state index contributed by atoms with van der Waals surface area (Å²) in [5, 5.41) is 2.81. The maximum absolute atomic E-state index is 12.8. The predicted molar refractivity (Wildman–Crippen MR) is 103 cm³/mol. The number of sulfone groups is 1. The fraction of sp³-hybridized carbons (Fsp3) is 0.167. The molecule has 0 fully saturated rings. The van der Waals surface area contributed by atoms with E-state index in [9.17, 15) is 13.2 Å². The Bertz CT molecular complexity index is 1050. The number of hydrogen-bond acceptors (Lipinski definition) is 7. The SMILES string of the molecule is COc1ccc(CS(=O)(=O)c2sc(NC(=O)c3ccccn3)nc2C)cc1. The number of hydrogen-bond donors (Lipinski definition) is 1. The number of benzene rings is 1. The number of amides is 1. The number of anilines is 1. The van der Waals surface area contributed by atoms with Crippen LogP contribution in [0.2, 0.25) is 0 Å². The third-order valence-corrected chi connectivity index (χ3v) is 7.12. The second-order valence-corrected chi connectivity index (χ2v) is 8.85. The zero-order valence-corrected chi connectivity index (χ0v) is 16.3. The molecule has 2 heterocycles. The second-order valence-electron chi connectivity index (χ2n) is 5.67. The standard InChI is InChI=1S/C18H17N3O4S2/c1-12-17(27(23,24)11-13-6-8-14(25-2)9-7-13)26-18(20-12)21-16(22)15-5-3-4-10-19-15/h3-10H,11H2,1-2H3,(H,20,21,22). The van der Waals surface area contributed by atoms with Gasteiger partial charge in [0.05, 0.1) is 18.6 Å². The number of thiazole rings is 1. The van der Waals surface area contributed by atoms with Gasteiger partial charge in [-0.25, -0.2) is 13.4 Å². The van der Waals surface area contributed by atoms with Crippen LogP contribution in [0.15, 0.2) is 52.9 Å². The number of pyridine rings is 1. The zero-order chi connectivity index (χ0) is 19.4. The van der Waals surface area contributed by atoms with E-state index in [0.29, 0.717) is 17.0 Å². The van der Waals surface area contributed by atoms with E-state index in [1.807, 2.05) is 0 Å². The number of nitrogens with one attached hydrogen (secondary N) is 1. The van der Waals surface area contributed by atoms with E-state index in [1.165, 1.54) is 6.20 Å². The normalized spacial score (nSPS) is 11.2. The Labute approximate surface area is 161 Å². The van der Waals surface area contributed by atoms with Crippen LogP contribution < -0.4 is 10.1 Å². The largest absolute Gasteiger partial charge is 0.497 e.